The number of halogens is 3. The van der Waals surface area contributed by atoms with Crippen molar-refractivity contribution in [3.63, 3.8) is 0 Å². The summed E-state index contributed by atoms with van der Waals surface area (Å²) in [6.45, 7) is 0.199. The molecule has 0 amide bonds. The Hall–Kier alpha value is -3.60. The van der Waals surface area contributed by atoms with Gasteiger partial charge in [0.05, 0.1) is 11.3 Å². The molecule has 0 unspecified atom stereocenters. The van der Waals surface area contributed by atoms with Crippen molar-refractivity contribution < 1.29 is 13.2 Å². The van der Waals surface area contributed by atoms with Crippen molar-refractivity contribution in [1.82, 2.24) is 20.0 Å². The first-order valence-corrected chi connectivity index (χ1v) is 8.03. The molecule has 8 heteroatoms. The Labute approximate surface area is 151 Å². The average molecular weight is 367 g/mol. The van der Waals surface area contributed by atoms with Crippen LogP contribution in [0.25, 0.3) is 22.3 Å². The summed E-state index contributed by atoms with van der Waals surface area (Å²) in [6, 6.07) is 16.5. The minimum atomic E-state index is -4.41. The molecule has 134 valence electrons. The molecule has 0 aliphatic heterocycles. The third-order valence-electron chi connectivity index (χ3n) is 4.30. The van der Waals surface area contributed by atoms with Crippen LogP contribution in [0.2, 0.25) is 0 Å². The van der Waals surface area contributed by atoms with E-state index in [-0.39, 0.29) is 12.2 Å². The molecule has 0 atom stereocenters. The number of hydrogen-bond donors (Lipinski definition) is 1. The number of H-pyrrole nitrogens is 1. The summed E-state index contributed by atoms with van der Waals surface area (Å²) in [7, 11) is 0. The number of nitrogens with zero attached hydrogens (tertiary/aromatic N) is 4. The molecule has 2 aromatic carbocycles. The summed E-state index contributed by atoms with van der Waals surface area (Å²) in [5.74, 6) is 0. The van der Waals surface area contributed by atoms with Crippen LogP contribution in [0.3, 0.4) is 0 Å². The molecular weight excluding hydrogens is 355 g/mol. The largest absolute Gasteiger partial charge is 0.416 e. The van der Waals surface area contributed by atoms with Crippen molar-refractivity contribution in [2.45, 2.75) is 12.7 Å². The van der Waals surface area contributed by atoms with Gasteiger partial charge in [-0.3, -0.25) is 0 Å². The highest BCUT2D eigenvalue weighted by atomic mass is 19.4. The lowest BCUT2D eigenvalue weighted by Gasteiger charge is -2.12. The maximum atomic E-state index is 13.0. The maximum absolute atomic E-state index is 13.0. The maximum Gasteiger partial charge on any atom is 0.416 e. The van der Waals surface area contributed by atoms with Crippen LogP contribution in [-0.2, 0) is 12.7 Å². The molecule has 4 aromatic rings. The Morgan fingerprint density at radius 3 is 2.63 bits per heavy atom. The summed E-state index contributed by atoms with van der Waals surface area (Å²) >= 11 is 0. The number of fused-ring (bicyclic) bond motifs is 1. The summed E-state index contributed by atoms with van der Waals surface area (Å²) in [5, 5.41) is 20.4. The van der Waals surface area contributed by atoms with Gasteiger partial charge in [-0.05, 0) is 29.8 Å². The molecule has 0 fully saturated rings. The quantitative estimate of drug-likeness (QED) is 0.585. The minimum absolute atomic E-state index is 0.128. The molecule has 0 radical (unpaired) electrons. The zero-order valence-electron chi connectivity index (χ0n) is 13.8. The predicted octanol–water partition coefficient (Wildman–Crippen LogP) is 4.37. The molecule has 5 nitrogen and oxygen atoms in total. The standard InChI is InChI=1S/C19H12F3N5/c20-19(21,22)14-6-3-4-12(8-14)11-27-16-7-2-1-5-13(16)9-17(27)18-15(10-23)24-26-25-18/h1-9H,11H2,(H,24,25,26). The second-order valence-corrected chi connectivity index (χ2v) is 6.01. The number of hydrogen-bond acceptors (Lipinski definition) is 3. The smallest absolute Gasteiger partial charge is 0.335 e. The predicted molar refractivity (Wildman–Crippen MR) is 92.6 cm³/mol. The summed E-state index contributed by atoms with van der Waals surface area (Å²) in [5.41, 5.74) is 1.73. The van der Waals surface area contributed by atoms with E-state index in [9.17, 15) is 18.4 Å². The molecule has 0 saturated heterocycles. The first-order valence-electron chi connectivity index (χ1n) is 8.03. The zero-order chi connectivity index (χ0) is 19.0. The fourth-order valence-electron chi connectivity index (χ4n) is 3.09. The average Bonchev–Trinajstić information content (AvgIpc) is 3.26. The molecule has 4 rings (SSSR count). The molecule has 0 saturated carbocycles. The van der Waals surface area contributed by atoms with Crippen molar-refractivity contribution in [3.05, 3.63) is 71.4 Å². The van der Waals surface area contributed by atoms with Crippen LogP contribution in [0, 0.1) is 11.3 Å². The van der Waals surface area contributed by atoms with Crippen molar-refractivity contribution >= 4 is 10.9 Å². The highest BCUT2D eigenvalue weighted by Gasteiger charge is 2.30. The minimum Gasteiger partial charge on any atom is -0.335 e. The SMILES string of the molecule is N#Cc1n[nH]nc1-c1cc2ccccc2n1Cc1cccc(C(F)(F)F)c1. The zero-order valence-corrected chi connectivity index (χ0v) is 13.8. The van der Waals surface area contributed by atoms with Crippen LogP contribution < -0.4 is 0 Å². The molecular formula is C19H12F3N5. The number of aromatic nitrogens is 4. The van der Waals surface area contributed by atoms with E-state index in [1.54, 1.807) is 6.07 Å². The summed E-state index contributed by atoms with van der Waals surface area (Å²) in [6.07, 6.45) is -4.41. The van der Waals surface area contributed by atoms with Crippen LogP contribution in [0.5, 0.6) is 0 Å². The molecule has 1 N–H and O–H groups in total. The number of nitrogens with one attached hydrogen (secondary N) is 1. The molecule has 0 bridgehead atoms. The summed E-state index contributed by atoms with van der Waals surface area (Å²) < 4.78 is 40.9. The van der Waals surface area contributed by atoms with Crippen molar-refractivity contribution in [2.75, 3.05) is 0 Å². The fraction of sp³-hybridized carbons (Fsp3) is 0.105. The van der Waals surface area contributed by atoms with E-state index in [2.05, 4.69) is 15.4 Å². The lowest BCUT2D eigenvalue weighted by atomic mass is 10.1. The third kappa shape index (κ3) is 3.04. The number of aromatic amines is 1. The Morgan fingerprint density at radius 1 is 1.04 bits per heavy atom. The van der Waals surface area contributed by atoms with E-state index < -0.39 is 11.7 Å². The molecule has 27 heavy (non-hydrogen) atoms. The fourth-order valence-corrected chi connectivity index (χ4v) is 3.09. The lowest BCUT2D eigenvalue weighted by Crippen LogP contribution is -2.07. The Morgan fingerprint density at radius 2 is 1.85 bits per heavy atom. The van der Waals surface area contributed by atoms with Gasteiger partial charge in [0, 0.05) is 17.4 Å². The van der Waals surface area contributed by atoms with Gasteiger partial charge in [-0.2, -0.15) is 28.7 Å². The monoisotopic (exact) mass is 367 g/mol. The van der Waals surface area contributed by atoms with Gasteiger partial charge in [-0.1, -0.05) is 30.3 Å². The first kappa shape index (κ1) is 16.8. The van der Waals surface area contributed by atoms with Crippen LogP contribution in [0.1, 0.15) is 16.8 Å². The van der Waals surface area contributed by atoms with E-state index in [0.29, 0.717) is 17.0 Å². The van der Waals surface area contributed by atoms with Crippen LogP contribution in [0.15, 0.2) is 54.6 Å². The topological polar surface area (TPSA) is 70.3 Å². The number of alkyl halides is 3. The van der Waals surface area contributed by atoms with Crippen LogP contribution >= 0.6 is 0 Å². The second kappa shape index (κ2) is 6.29. The Bertz CT molecular complexity index is 1160. The highest BCUT2D eigenvalue weighted by molar-refractivity contribution is 5.87. The van der Waals surface area contributed by atoms with E-state index in [1.807, 2.05) is 41.0 Å². The van der Waals surface area contributed by atoms with E-state index in [1.165, 1.54) is 6.07 Å². The normalized spacial score (nSPS) is 11.6. The Kier molecular flexibility index (Phi) is 3.92. The van der Waals surface area contributed by atoms with Crippen molar-refractivity contribution in [2.24, 2.45) is 0 Å². The van der Waals surface area contributed by atoms with Gasteiger partial charge < -0.3 is 4.57 Å². The van der Waals surface area contributed by atoms with Crippen molar-refractivity contribution in [3.8, 4) is 17.5 Å². The number of para-hydroxylation sites is 1. The number of nitriles is 1. The molecule has 2 aromatic heterocycles. The van der Waals surface area contributed by atoms with Gasteiger partial charge >= 0.3 is 6.18 Å². The van der Waals surface area contributed by atoms with Crippen molar-refractivity contribution in [1.29, 1.82) is 5.26 Å². The third-order valence-corrected chi connectivity index (χ3v) is 4.30. The summed E-state index contributed by atoms with van der Waals surface area (Å²) in [4.78, 5) is 0. The van der Waals surface area contributed by atoms with Gasteiger partial charge in [-0.15, -0.1) is 5.10 Å². The van der Waals surface area contributed by atoms with Gasteiger partial charge in [-0.25, -0.2) is 0 Å². The van der Waals surface area contributed by atoms with E-state index >= 15 is 0 Å². The number of rotatable bonds is 3. The second-order valence-electron chi connectivity index (χ2n) is 6.01. The van der Waals surface area contributed by atoms with E-state index in [0.717, 1.165) is 23.0 Å². The molecule has 0 aliphatic rings. The Balaban J connectivity index is 1.87. The molecule has 0 aliphatic carbocycles. The van der Waals surface area contributed by atoms with Gasteiger partial charge in [0.25, 0.3) is 0 Å². The van der Waals surface area contributed by atoms with Gasteiger partial charge in [0.15, 0.2) is 5.69 Å². The highest BCUT2D eigenvalue weighted by Crippen LogP contribution is 2.32. The van der Waals surface area contributed by atoms with E-state index in [4.69, 9.17) is 0 Å². The van der Waals surface area contributed by atoms with Crippen LogP contribution in [-0.4, -0.2) is 20.0 Å². The molecule has 0 spiro atoms. The van der Waals surface area contributed by atoms with Gasteiger partial charge in [0.1, 0.15) is 11.8 Å². The van der Waals surface area contributed by atoms with Crippen LogP contribution in [0.4, 0.5) is 13.2 Å². The first-order chi connectivity index (χ1) is 13.0. The lowest BCUT2D eigenvalue weighted by molar-refractivity contribution is -0.137. The molecule has 2 heterocycles. The van der Waals surface area contributed by atoms with Gasteiger partial charge in [0.2, 0.25) is 0 Å². The number of benzene rings is 2.